The molecule has 2 aliphatic rings. The first kappa shape index (κ1) is 24.5. The highest BCUT2D eigenvalue weighted by molar-refractivity contribution is 6.42. The smallest absolute Gasteiger partial charge is 0.259 e. The molecule has 180 valence electrons. The Bertz CT molecular complexity index is 1140. The summed E-state index contributed by atoms with van der Waals surface area (Å²) in [6.07, 6.45) is 3.82. The van der Waals surface area contributed by atoms with Crippen molar-refractivity contribution in [3.8, 4) is 0 Å². The summed E-state index contributed by atoms with van der Waals surface area (Å²) < 4.78 is 0. The molecule has 3 unspecified atom stereocenters. The van der Waals surface area contributed by atoms with E-state index in [0.29, 0.717) is 27.5 Å². The van der Waals surface area contributed by atoms with Gasteiger partial charge in [-0.3, -0.25) is 19.3 Å². The van der Waals surface area contributed by atoms with Crippen molar-refractivity contribution in [2.24, 2.45) is 11.7 Å². The highest BCUT2D eigenvalue weighted by atomic mass is 35.5. The zero-order valence-electron chi connectivity index (χ0n) is 19.1. The number of halogens is 2. The van der Waals surface area contributed by atoms with Crippen LogP contribution in [-0.4, -0.2) is 35.8 Å². The maximum Gasteiger partial charge on any atom is 0.259 e. The Labute approximate surface area is 209 Å². The minimum absolute atomic E-state index is 0.0684. The van der Waals surface area contributed by atoms with Crippen molar-refractivity contribution in [3.05, 3.63) is 57.6 Å². The zero-order valence-corrected chi connectivity index (χ0v) is 20.6. The first-order chi connectivity index (χ1) is 16.2. The number of nitrogens with one attached hydrogen (secondary N) is 2. The summed E-state index contributed by atoms with van der Waals surface area (Å²) in [6.45, 7) is 3.75. The average molecular weight is 503 g/mol. The standard InChI is InChI=1S/C25H28Cl2N4O3/c1-13(2)22-24(33)30-20-12-14(23(32)29-19-6-4-3-5-18(19)28)8-10-21(20)31(22)25(34)15-7-9-16(26)17(27)11-15/h7-13,18-19,22H,3-6,28H2,1-2H3,(H,29,32)(H,30,33). The molecule has 9 heteroatoms. The van der Waals surface area contributed by atoms with Gasteiger partial charge in [-0.15, -0.1) is 0 Å². The molecule has 3 amide bonds. The molecule has 1 fully saturated rings. The monoisotopic (exact) mass is 502 g/mol. The van der Waals surface area contributed by atoms with Crippen LogP contribution in [-0.2, 0) is 4.79 Å². The second-order valence-electron chi connectivity index (χ2n) is 9.24. The molecular formula is C25H28Cl2N4O3. The fourth-order valence-electron chi connectivity index (χ4n) is 4.66. The maximum absolute atomic E-state index is 13.6. The number of fused-ring (bicyclic) bond motifs is 1. The van der Waals surface area contributed by atoms with Crippen LogP contribution < -0.4 is 21.3 Å². The average Bonchev–Trinajstić information content (AvgIpc) is 2.80. The van der Waals surface area contributed by atoms with Crippen LogP contribution in [0, 0.1) is 5.92 Å². The Hall–Kier alpha value is -2.61. The van der Waals surface area contributed by atoms with E-state index in [4.69, 9.17) is 28.9 Å². The number of carbonyl (C=O) groups is 3. The fraction of sp³-hybridized carbons (Fsp3) is 0.400. The van der Waals surface area contributed by atoms with Crippen molar-refractivity contribution >= 4 is 52.3 Å². The normalized spacial score (nSPS) is 22.2. The van der Waals surface area contributed by atoms with Gasteiger partial charge in [-0.05, 0) is 55.2 Å². The SMILES string of the molecule is CC(C)C1C(=O)Nc2cc(C(=O)NC3CCCCC3N)ccc2N1C(=O)c1ccc(Cl)c(Cl)c1. The molecule has 1 aliphatic heterocycles. The van der Waals surface area contributed by atoms with Gasteiger partial charge in [0.2, 0.25) is 5.91 Å². The van der Waals surface area contributed by atoms with Crippen molar-refractivity contribution in [1.82, 2.24) is 5.32 Å². The molecule has 0 saturated heterocycles. The van der Waals surface area contributed by atoms with Gasteiger partial charge in [0, 0.05) is 23.2 Å². The number of anilines is 2. The van der Waals surface area contributed by atoms with Crippen molar-refractivity contribution in [3.63, 3.8) is 0 Å². The molecular weight excluding hydrogens is 475 g/mol. The van der Waals surface area contributed by atoms with Crippen LogP contribution in [0.15, 0.2) is 36.4 Å². The molecule has 4 N–H and O–H groups in total. The van der Waals surface area contributed by atoms with Crippen LogP contribution in [0.2, 0.25) is 10.0 Å². The van der Waals surface area contributed by atoms with Crippen LogP contribution >= 0.6 is 23.2 Å². The number of nitrogens with two attached hydrogens (primary N) is 1. The minimum Gasteiger partial charge on any atom is -0.348 e. The van der Waals surface area contributed by atoms with Crippen molar-refractivity contribution < 1.29 is 14.4 Å². The first-order valence-corrected chi connectivity index (χ1v) is 12.2. The molecule has 2 aromatic rings. The van der Waals surface area contributed by atoms with Gasteiger partial charge >= 0.3 is 0 Å². The van der Waals surface area contributed by atoms with Crippen LogP contribution in [0.25, 0.3) is 0 Å². The summed E-state index contributed by atoms with van der Waals surface area (Å²) in [4.78, 5) is 41.0. The number of hydrogen-bond acceptors (Lipinski definition) is 4. The highest BCUT2D eigenvalue weighted by Crippen LogP contribution is 2.37. The molecule has 0 bridgehead atoms. The van der Waals surface area contributed by atoms with E-state index in [-0.39, 0.29) is 40.7 Å². The molecule has 0 aromatic heterocycles. The summed E-state index contributed by atoms with van der Waals surface area (Å²) >= 11 is 12.1. The van der Waals surface area contributed by atoms with E-state index < -0.39 is 6.04 Å². The summed E-state index contributed by atoms with van der Waals surface area (Å²) in [5, 5.41) is 6.48. The molecule has 0 spiro atoms. The van der Waals surface area contributed by atoms with E-state index in [1.54, 1.807) is 30.3 Å². The summed E-state index contributed by atoms with van der Waals surface area (Å²) in [5.74, 6) is -1.11. The lowest BCUT2D eigenvalue weighted by molar-refractivity contribution is -0.118. The van der Waals surface area contributed by atoms with Gasteiger partial charge in [0.05, 0.1) is 21.4 Å². The Morgan fingerprint density at radius 3 is 2.44 bits per heavy atom. The van der Waals surface area contributed by atoms with E-state index in [9.17, 15) is 14.4 Å². The molecule has 1 saturated carbocycles. The lowest BCUT2D eigenvalue weighted by atomic mass is 9.91. The molecule has 0 radical (unpaired) electrons. The third-order valence-electron chi connectivity index (χ3n) is 6.48. The third-order valence-corrected chi connectivity index (χ3v) is 7.21. The molecule has 2 aromatic carbocycles. The molecule has 1 heterocycles. The quantitative estimate of drug-likeness (QED) is 0.567. The number of rotatable bonds is 4. The Morgan fingerprint density at radius 1 is 1.06 bits per heavy atom. The number of hydrogen-bond donors (Lipinski definition) is 3. The molecule has 4 rings (SSSR count). The van der Waals surface area contributed by atoms with Crippen LogP contribution in [0.4, 0.5) is 11.4 Å². The van der Waals surface area contributed by atoms with Gasteiger partial charge in [0.25, 0.3) is 11.8 Å². The largest absolute Gasteiger partial charge is 0.348 e. The van der Waals surface area contributed by atoms with E-state index in [0.717, 1.165) is 25.7 Å². The van der Waals surface area contributed by atoms with Crippen molar-refractivity contribution in [1.29, 1.82) is 0 Å². The number of nitrogens with zero attached hydrogens (tertiary/aromatic N) is 1. The van der Waals surface area contributed by atoms with Gasteiger partial charge in [-0.25, -0.2) is 0 Å². The third kappa shape index (κ3) is 4.78. The zero-order chi connectivity index (χ0) is 24.6. The van der Waals surface area contributed by atoms with Gasteiger partial charge in [-0.1, -0.05) is 49.9 Å². The van der Waals surface area contributed by atoms with E-state index >= 15 is 0 Å². The van der Waals surface area contributed by atoms with E-state index in [1.807, 2.05) is 13.8 Å². The van der Waals surface area contributed by atoms with Gasteiger partial charge in [0.1, 0.15) is 6.04 Å². The Kier molecular flexibility index (Phi) is 7.17. The van der Waals surface area contributed by atoms with Crippen LogP contribution in [0.1, 0.15) is 60.2 Å². The molecule has 34 heavy (non-hydrogen) atoms. The van der Waals surface area contributed by atoms with Gasteiger partial charge < -0.3 is 16.4 Å². The number of carbonyl (C=O) groups excluding carboxylic acids is 3. The van der Waals surface area contributed by atoms with Crippen molar-refractivity contribution in [2.75, 3.05) is 10.2 Å². The van der Waals surface area contributed by atoms with Gasteiger partial charge in [0.15, 0.2) is 0 Å². The predicted octanol–water partition coefficient (Wildman–Crippen LogP) is 4.62. The van der Waals surface area contributed by atoms with Gasteiger partial charge in [-0.2, -0.15) is 0 Å². The van der Waals surface area contributed by atoms with Crippen LogP contribution in [0.3, 0.4) is 0 Å². The Morgan fingerprint density at radius 2 is 1.76 bits per heavy atom. The second kappa shape index (κ2) is 9.94. The number of amides is 3. The minimum atomic E-state index is -0.727. The van der Waals surface area contributed by atoms with E-state index in [2.05, 4.69) is 10.6 Å². The second-order valence-corrected chi connectivity index (χ2v) is 10.1. The Balaban J connectivity index is 1.67. The topological polar surface area (TPSA) is 105 Å². The highest BCUT2D eigenvalue weighted by Gasteiger charge is 2.39. The van der Waals surface area contributed by atoms with Crippen molar-refractivity contribution in [2.45, 2.75) is 57.7 Å². The number of benzene rings is 2. The fourth-order valence-corrected chi connectivity index (χ4v) is 4.95. The summed E-state index contributed by atoms with van der Waals surface area (Å²) in [7, 11) is 0. The molecule has 7 nitrogen and oxygen atoms in total. The molecule has 1 aliphatic carbocycles. The van der Waals surface area contributed by atoms with Crippen LogP contribution in [0.5, 0.6) is 0 Å². The maximum atomic E-state index is 13.6. The molecule has 3 atom stereocenters. The summed E-state index contributed by atoms with van der Waals surface area (Å²) in [6, 6.07) is 8.70. The first-order valence-electron chi connectivity index (χ1n) is 11.5. The lowest BCUT2D eigenvalue weighted by Gasteiger charge is -2.38. The lowest BCUT2D eigenvalue weighted by Crippen LogP contribution is -2.53. The summed E-state index contributed by atoms with van der Waals surface area (Å²) in [5.41, 5.74) is 7.79. The predicted molar refractivity (Wildman–Crippen MR) is 135 cm³/mol. The van der Waals surface area contributed by atoms with E-state index in [1.165, 1.54) is 11.0 Å².